The third-order valence-corrected chi connectivity index (χ3v) is 2.98. The molecule has 1 rings (SSSR count). The van der Waals surface area contributed by atoms with E-state index >= 15 is 0 Å². The number of urea groups is 1. The molecule has 0 saturated carbocycles. The lowest BCUT2D eigenvalue weighted by Gasteiger charge is -2.22. The van der Waals surface area contributed by atoms with Gasteiger partial charge in [-0.25, -0.2) is 9.59 Å². The van der Waals surface area contributed by atoms with Crippen molar-refractivity contribution in [3.63, 3.8) is 0 Å². The Morgan fingerprint density at radius 2 is 2.25 bits per heavy atom. The molecule has 4 N–H and O–H groups in total. The number of nitrogens with one attached hydrogen (secondary N) is 1. The van der Waals surface area contributed by atoms with Crippen molar-refractivity contribution in [2.45, 2.75) is 12.0 Å². The van der Waals surface area contributed by atoms with E-state index in [0.717, 1.165) is 5.75 Å². The number of thioether (sulfide) groups is 1. The van der Waals surface area contributed by atoms with Crippen LogP contribution in [0, 0.1) is 0 Å². The number of amides is 2. The van der Waals surface area contributed by atoms with Crippen LogP contribution >= 0.6 is 11.8 Å². The van der Waals surface area contributed by atoms with E-state index in [0.29, 0.717) is 12.2 Å². The van der Waals surface area contributed by atoms with Gasteiger partial charge in [0.15, 0.2) is 0 Å². The third-order valence-electron chi connectivity index (χ3n) is 1.79. The lowest BCUT2D eigenvalue weighted by molar-refractivity contribution is -0.143. The first kappa shape index (κ1) is 9.18. The van der Waals surface area contributed by atoms with Crippen molar-refractivity contribution in [1.82, 2.24) is 5.32 Å². The van der Waals surface area contributed by atoms with Crippen LogP contribution in [0.2, 0.25) is 0 Å². The minimum atomic E-state index is -1.13. The number of carbonyl (C=O) groups excluding carboxylic acids is 1. The molecule has 0 aromatic rings. The molecule has 0 radical (unpaired) electrons. The fraction of sp³-hybridized carbons (Fsp3) is 0.667. The van der Waals surface area contributed by atoms with E-state index in [9.17, 15) is 9.59 Å². The van der Waals surface area contributed by atoms with Crippen LogP contribution in [0.1, 0.15) is 6.42 Å². The minimum absolute atomic E-state index is 0.394. The van der Waals surface area contributed by atoms with Crippen molar-refractivity contribution in [1.29, 1.82) is 0 Å². The minimum Gasteiger partial charge on any atom is -0.479 e. The van der Waals surface area contributed by atoms with Gasteiger partial charge in [0.1, 0.15) is 5.54 Å². The Labute approximate surface area is 73.7 Å². The Morgan fingerprint density at radius 1 is 1.58 bits per heavy atom. The molecule has 12 heavy (non-hydrogen) atoms. The molecule has 1 fully saturated rings. The maximum atomic E-state index is 10.8. The van der Waals surface area contributed by atoms with Crippen molar-refractivity contribution in [3.8, 4) is 0 Å². The van der Waals surface area contributed by atoms with Crippen LogP contribution < -0.4 is 11.1 Å². The molecule has 1 heterocycles. The summed E-state index contributed by atoms with van der Waals surface area (Å²) >= 11 is 1.50. The van der Waals surface area contributed by atoms with Gasteiger partial charge in [0.2, 0.25) is 0 Å². The van der Waals surface area contributed by atoms with Crippen LogP contribution in [-0.4, -0.2) is 34.2 Å². The zero-order valence-electron chi connectivity index (χ0n) is 6.37. The molecular weight excluding hydrogens is 180 g/mol. The van der Waals surface area contributed by atoms with E-state index in [4.69, 9.17) is 10.8 Å². The summed E-state index contributed by atoms with van der Waals surface area (Å²) in [6, 6.07) is -0.778. The van der Waals surface area contributed by atoms with Gasteiger partial charge in [-0.05, 0) is 12.2 Å². The van der Waals surface area contributed by atoms with Crippen molar-refractivity contribution in [2.75, 3.05) is 11.5 Å². The second-order valence-corrected chi connectivity index (χ2v) is 3.78. The lowest BCUT2D eigenvalue weighted by atomic mass is 10.00. The monoisotopic (exact) mass is 190 g/mol. The zero-order valence-corrected chi connectivity index (χ0v) is 7.19. The highest BCUT2D eigenvalue weighted by Gasteiger charge is 2.42. The molecule has 1 aliphatic rings. The Bertz CT molecular complexity index is 213. The molecule has 0 aromatic heterocycles. The van der Waals surface area contributed by atoms with Gasteiger partial charge in [-0.3, -0.25) is 0 Å². The van der Waals surface area contributed by atoms with E-state index in [1.165, 1.54) is 11.8 Å². The van der Waals surface area contributed by atoms with Crippen LogP contribution in [-0.2, 0) is 4.79 Å². The Kier molecular flexibility index (Phi) is 2.46. The number of hydrogen-bond donors (Lipinski definition) is 3. The highest BCUT2D eigenvalue weighted by atomic mass is 32.2. The largest absolute Gasteiger partial charge is 0.479 e. The molecule has 0 spiro atoms. The van der Waals surface area contributed by atoms with Gasteiger partial charge in [-0.15, -0.1) is 0 Å². The van der Waals surface area contributed by atoms with E-state index in [-0.39, 0.29) is 0 Å². The number of rotatable bonds is 2. The average Bonchev–Trinajstić information content (AvgIpc) is 2.35. The van der Waals surface area contributed by atoms with Crippen LogP contribution in [0.3, 0.4) is 0 Å². The second kappa shape index (κ2) is 3.22. The smallest absolute Gasteiger partial charge is 0.330 e. The van der Waals surface area contributed by atoms with Gasteiger partial charge in [-0.2, -0.15) is 11.8 Å². The van der Waals surface area contributed by atoms with Crippen LogP contribution in [0.25, 0.3) is 0 Å². The Hall–Kier alpha value is -0.910. The van der Waals surface area contributed by atoms with Gasteiger partial charge < -0.3 is 16.2 Å². The molecule has 1 saturated heterocycles. The number of carboxylic acid groups (broad SMARTS) is 1. The van der Waals surface area contributed by atoms with Crippen molar-refractivity contribution < 1.29 is 14.7 Å². The molecule has 0 aromatic carbocycles. The molecule has 1 atom stereocenters. The molecule has 6 heteroatoms. The van der Waals surface area contributed by atoms with Crippen molar-refractivity contribution in [3.05, 3.63) is 0 Å². The maximum Gasteiger partial charge on any atom is 0.330 e. The summed E-state index contributed by atoms with van der Waals surface area (Å²) < 4.78 is 0. The summed E-state index contributed by atoms with van der Waals surface area (Å²) in [5.74, 6) is 0.129. The van der Waals surface area contributed by atoms with Gasteiger partial charge in [0.25, 0.3) is 0 Å². The summed E-state index contributed by atoms with van der Waals surface area (Å²) in [7, 11) is 0. The summed E-state index contributed by atoms with van der Waals surface area (Å²) in [4.78, 5) is 21.3. The Morgan fingerprint density at radius 3 is 2.58 bits per heavy atom. The summed E-state index contributed by atoms with van der Waals surface area (Å²) in [5, 5.41) is 11.1. The molecule has 5 nitrogen and oxygen atoms in total. The molecular formula is C6H10N2O3S. The van der Waals surface area contributed by atoms with E-state index < -0.39 is 17.5 Å². The van der Waals surface area contributed by atoms with E-state index in [1.807, 2.05) is 0 Å². The predicted molar refractivity (Wildman–Crippen MR) is 45.0 cm³/mol. The molecule has 1 aliphatic heterocycles. The highest BCUT2D eigenvalue weighted by molar-refractivity contribution is 7.99. The lowest BCUT2D eigenvalue weighted by Crippen LogP contribution is -2.56. The summed E-state index contributed by atoms with van der Waals surface area (Å²) in [6.07, 6.45) is 0.440. The standard InChI is InChI=1S/C6H10N2O3S/c7-5(11)8-6(4(9)10)1-2-12-3-6/h1-3H2,(H,9,10)(H3,7,8,11). The van der Waals surface area contributed by atoms with Crippen LogP contribution in [0.5, 0.6) is 0 Å². The number of aliphatic carboxylic acids is 1. The fourth-order valence-corrected chi connectivity index (χ4v) is 2.45. The quantitative estimate of drug-likeness (QED) is 0.553. The molecule has 68 valence electrons. The van der Waals surface area contributed by atoms with Gasteiger partial charge in [0, 0.05) is 5.75 Å². The highest BCUT2D eigenvalue weighted by Crippen LogP contribution is 2.27. The van der Waals surface area contributed by atoms with Gasteiger partial charge in [-0.1, -0.05) is 0 Å². The predicted octanol–water partition coefficient (Wildman–Crippen LogP) is -0.385. The van der Waals surface area contributed by atoms with Gasteiger partial charge in [0.05, 0.1) is 0 Å². The van der Waals surface area contributed by atoms with Gasteiger partial charge >= 0.3 is 12.0 Å². The number of primary amides is 1. The van der Waals surface area contributed by atoms with E-state index in [1.54, 1.807) is 0 Å². The topological polar surface area (TPSA) is 92.4 Å². The second-order valence-electron chi connectivity index (χ2n) is 2.68. The fourth-order valence-electron chi connectivity index (χ4n) is 1.12. The first-order valence-electron chi connectivity index (χ1n) is 3.45. The normalized spacial score (nSPS) is 28.3. The molecule has 0 bridgehead atoms. The average molecular weight is 190 g/mol. The summed E-state index contributed by atoms with van der Waals surface area (Å²) in [6.45, 7) is 0. The molecule has 0 aliphatic carbocycles. The number of hydrogen-bond acceptors (Lipinski definition) is 3. The molecule has 1 unspecified atom stereocenters. The number of carboxylic acids is 1. The number of carbonyl (C=O) groups is 2. The first-order valence-corrected chi connectivity index (χ1v) is 4.61. The maximum absolute atomic E-state index is 10.8. The zero-order chi connectivity index (χ0) is 9.19. The molecule has 2 amide bonds. The van der Waals surface area contributed by atoms with E-state index in [2.05, 4.69) is 5.32 Å². The van der Waals surface area contributed by atoms with Crippen molar-refractivity contribution in [2.24, 2.45) is 5.73 Å². The summed E-state index contributed by atoms with van der Waals surface area (Å²) in [5.41, 5.74) is 3.74. The number of nitrogens with two attached hydrogens (primary N) is 1. The Balaban J connectivity index is 2.72. The van der Waals surface area contributed by atoms with Crippen LogP contribution in [0.4, 0.5) is 4.79 Å². The third kappa shape index (κ3) is 1.63. The van der Waals surface area contributed by atoms with Crippen molar-refractivity contribution >= 4 is 23.8 Å². The first-order chi connectivity index (χ1) is 5.57. The SMILES string of the molecule is NC(=O)NC1(C(=O)O)CCSC1. The van der Waals surface area contributed by atoms with Crippen LogP contribution in [0.15, 0.2) is 0 Å².